The summed E-state index contributed by atoms with van der Waals surface area (Å²) in [4.78, 5) is 11.8. The molecule has 20 heavy (non-hydrogen) atoms. The van der Waals surface area contributed by atoms with E-state index >= 15 is 0 Å². The lowest BCUT2D eigenvalue weighted by Crippen LogP contribution is -2.32. The minimum Gasteiger partial charge on any atom is -0.484 e. The number of aryl methyl sites for hydroxylation is 1. The van der Waals surface area contributed by atoms with Crippen molar-refractivity contribution in [1.29, 1.82) is 0 Å². The SMILES string of the molecule is CC(NC(=O)COc1cccc(N)c1)c1nncn1C. The molecule has 2 aromatic rings. The molecule has 0 saturated carbocycles. The van der Waals surface area contributed by atoms with Crippen molar-refractivity contribution in [1.82, 2.24) is 20.1 Å². The third kappa shape index (κ3) is 3.47. The monoisotopic (exact) mass is 275 g/mol. The van der Waals surface area contributed by atoms with Crippen molar-refractivity contribution in [3.05, 3.63) is 36.4 Å². The first-order chi connectivity index (χ1) is 9.56. The number of benzene rings is 1. The van der Waals surface area contributed by atoms with E-state index in [1.807, 2.05) is 14.0 Å². The first kappa shape index (κ1) is 13.9. The summed E-state index contributed by atoms with van der Waals surface area (Å²) in [5.74, 6) is 1.01. The maximum atomic E-state index is 11.8. The van der Waals surface area contributed by atoms with Crippen LogP contribution in [0, 0.1) is 0 Å². The van der Waals surface area contributed by atoms with Crippen LogP contribution >= 0.6 is 0 Å². The van der Waals surface area contributed by atoms with Gasteiger partial charge >= 0.3 is 0 Å². The smallest absolute Gasteiger partial charge is 0.258 e. The lowest BCUT2D eigenvalue weighted by Gasteiger charge is -2.13. The Morgan fingerprint density at radius 1 is 1.55 bits per heavy atom. The second-order valence-corrected chi connectivity index (χ2v) is 4.45. The summed E-state index contributed by atoms with van der Waals surface area (Å²) >= 11 is 0. The van der Waals surface area contributed by atoms with Gasteiger partial charge in [0.1, 0.15) is 12.1 Å². The lowest BCUT2D eigenvalue weighted by molar-refractivity contribution is -0.123. The molecule has 1 unspecified atom stereocenters. The molecule has 1 aromatic heterocycles. The predicted molar refractivity (Wildman–Crippen MR) is 73.9 cm³/mol. The van der Waals surface area contributed by atoms with Crippen LogP contribution < -0.4 is 15.8 Å². The van der Waals surface area contributed by atoms with Gasteiger partial charge < -0.3 is 20.4 Å². The summed E-state index contributed by atoms with van der Waals surface area (Å²) in [7, 11) is 1.82. The van der Waals surface area contributed by atoms with Crippen LogP contribution in [0.2, 0.25) is 0 Å². The van der Waals surface area contributed by atoms with Gasteiger partial charge in [-0.1, -0.05) is 6.07 Å². The van der Waals surface area contributed by atoms with Crippen molar-refractivity contribution in [3.8, 4) is 5.75 Å². The molecule has 0 spiro atoms. The minimum absolute atomic E-state index is 0.0777. The molecule has 1 atom stereocenters. The maximum absolute atomic E-state index is 11.8. The Balaban J connectivity index is 1.85. The summed E-state index contributed by atoms with van der Waals surface area (Å²) < 4.78 is 7.12. The molecule has 0 radical (unpaired) electrons. The number of nitrogens with two attached hydrogens (primary N) is 1. The van der Waals surface area contributed by atoms with Gasteiger partial charge in [0.2, 0.25) is 0 Å². The van der Waals surface area contributed by atoms with E-state index in [0.717, 1.165) is 0 Å². The number of ether oxygens (including phenoxy) is 1. The van der Waals surface area contributed by atoms with Crippen LogP contribution in [0.25, 0.3) is 0 Å². The third-order valence-corrected chi connectivity index (χ3v) is 2.74. The first-order valence-electron chi connectivity index (χ1n) is 6.18. The lowest BCUT2D eigenvalue weighted by atomic mass is 10.3. The zero-order valence-electron chi connectivity index (χ0n) is 11.4. The third-order valence-electron chi connectivity index (χ3n) is 2.74. The van der Waals surface area contributed by atoms with Crippen LogP contribution in [0.4, 0.5) is 5.69 Å². The quantitative estimate of drug-likeness (QED) is 0.781. The molecular weight excluding hydrogens is 258 g/mol. The number of nitrogens with zero attached hydrogens (tertiary/aromatic N) is 3. The number of rotatable bonds is 5. The molecule has 0 bridgehead atoms. The Morgan fingerprint density at radius 2 is 2.35 bits per heavy atom. The van der Waals surface area contributed by atoms with E-state index in [1.54, 1.807) is 35.2 Å². The summed E-state index contributed by atoms with van der Waals surface area (Å²) in [6.07, 6.45) is 1.58. The highest BCUT2D eigenvalue weighted by Gasteiger charge is 2.14. The molecule has 1 aromatic carbocycles. The largest absolute Gasteiger partial charge is 0.484 e. The Labute approximate surface area is 116 Å². The molecule has 1 heterocycles. The van der Waals surface area contributed by atoms with E-state index in [9.17, 15) is 4.79 Å². The highest BCUT2D eigenvalue weighted by atomic mass is 16.5. The second kappa shape index (κ2) is 6.05. The molecule has 0 aliphatic carbocycles. The molecule has 1 amide bonds. The minimum atomic E-state index is -0.237. The molecule has 7 heteroatoms. The van der Waals surface area contributed by atoms with Gasteiger partial charge in [0.15, 0.2) is 12.4 Å². The van der Waals surface area contributed by atoms with E-state index in [4.69, 9.17) is 10.5 Å². The predicted octanol–water partition coefficient (Wildman–Crippen LogP) is 0.653. The summed E-state index contributed by atoms with van der Waals surface area (Å²) in [6.45, 7) is 1.76. The van der Waals surface area contributed by atoms with Crippen LogP contribution in [0.1, 0.15) is 18.8 Å². The fraction of sp³-hybridized carbons (Fsp3) is 0.308. The first-order valence-corrected chi connectivity index (χ1v) is 6.18. The zero-order valence-corrected chi connectivity index (χ0v) is 11.4. The molecule has 2 rings (SSSR count). The molecule has 0 aliphatic heterocycles. The van der Waals surface area contributed by atoms with Crippen LogP contribution in [-0.2, 0) is 11.8 Å². The molecule has 7 nitrogen and oxygen atoms in total. The topological polar surface area (TPSA) is 95.1 Å². The summed E-state index contributed by atoms with van der Waals surface area (Å²) in [5.41, 5.74) is 6.22. The van der Waals surface area contributed by atoms with Crippen molar-refractivity contribution < 1.29 is 9.53 Å². The number of nitrogen functional groups attached to an aromatic ring is 1. The number of amides is 1. The van der Waals surface area contributed by atoms with Crippen molar-refractivity contribution in [2.45, 2.75) is 13.0 Å². The number of hydrogen-bond donors (Lipinski definition) is 2. The van der Waals surface area contributed by atoms with E-state index < -0.39 is 0 Å². The van der Waals surface area contributed by atoms with E-state index in [0.29, 0.717) is 17.3 Å². The van der Waals surface area contributed by atoms with Gasteiger partial charge in [-0.3, -0.25) is 4.79 Å². The highest BCUT2D eigenvalue weighted by Crippen LogP contribution is 2.14. The molecule has 0 aliphatic rings. The number of carbonyl (C=O) groups excluding carboxylic acids is 1. The van der Waals surface area contributed by atoms with Gasteiger partial charge in [0, 0.05) is 18.8 Å². The van der Waals surface area contributed by atoms with Crippen molar-refractivity contribution >= 4 is 11.6 Å². The second-order valence-electron chi connectivity index (χ2n) is 4.45. The van der Waals surface area contributed by atoms with Crippen molar-refractivity contribution in [3.63, 3.8) is 0 Å². The van der Waals surface area contributed by atoms with Crippen LogP contribution in [0.15, 0.2) is 30.6 Å². The van der Waals surface area contributed by atoms with Gasteiger partial charge in [-0.05, 0) is 19.1 Å². The fourth-order valence-electron chi connectivity index (χ4n) is 1.79. The van der Waals surface area contributed by atoms with E-state index in [2.05, 4.69) is 15.5 Å². The highest BCUT2D eigenvalue weighted by molar-refractivity contribution is 5.77. The normalized spacial score (nSPS) is 11.9. The van der Waals surface area contributed by atoms with Gasteiger partial charge in [-0.25, -0.2) is 0 Å². The number of anilines is 1. The average molecular weight is 275 g/mol. The van der Waals surface area contributed by atoms with Crippen molar-refractivity contribution in [2.75, 3.05) is 12.3 Å². The van der Waals surface area contributed by atoms with Gasteiger partial charge in [-0.15, -0.1) is 10.2 Å². The number of carbonyl (C=O) groups is 1. The zero-order chi connectivity index (χ0) is 14.5. The Morgan fingerprint density at radius 3 is 3.00 bits per heavy atom. The number of hydrogen-bond acceptors (Lipinski definition) is 5. The van der Waals surface area contributed by atoms with Gasteiger partial charge in [0.25, 0.3) is 5.91 Å². The Hall–Kier alpha value is -2.57. The summed E-state index contributed by atoms with van der Waals surface area (Å²) in [5, 5.41) is 10.5. The number of aromatic nitrogens is 3. The number of nitrogens with one attached hydrogen (secondary N) is 1. The van der Waals surface area contributed by atoms with Crippen LogP contribution in [-0.4, -0.2) is 27.3 Å². The standard InChI is InChI=1S/C13H17N5O2/c1-9(13-17-15-8-18(13)2)16-12(19)7-20-11-5-3-4-10(14)6-11/h3-6,8-9H,7,14H2,1-2H3,(H,16,19). The Bertz CT molecular complexity index is 596. The molecule has 0 saturated heterocycles. The van der Waals surface area contributed by atoms with Gasteiger partial charge in [-0.2, -0.15) is 0 Å². The van der Waals surface area contributed by atoms with Crippen LogP contribution in [0.5, 0.6) is 5.75 Å². The molecule has 106 valence electrons. The fourth-order valence-corrected chi connectivity index (χ4v) is 1.79. The molecule has 3 N–H and O–H groups in total. The van der Waals surface area contributed by atoms with Gasteiger partial charge in [0.05, 0.1) is 6.04 Å². The molecule has 0 fully saturated rings. The Kier molecular flexibility index (Phi) is 4.19. The average Bonchev–Trinajstić information content (AvgIpc) is 2.83. The van der Waals surface area contributed by atoms with Crippen LogP contribution in [0.3, 0.4) is 0 Å². The van der Waals surface area contributed by atoms with E-state index in [-0.39, 0.29) is 18.6 Å². The van der Waals surface area contributed by atoms with Crippen molar-refractivity contribution in [2.24, 2.45) is 7.05 Å². The van der Waals surface area contributed by atoms with E-state index in [1.165, 1.54) is 0 Å². The summed E-state index contributed by atoms with van der Waals surface area (Å²) in [6, 6.07) is 6.70. The maximum Gasteiger partial charge on any atom is 0.258 e. The molecular formula is C13H17N5O2.